The molecule has 22 heavy (non-hydrogen) atoms. The summed E-state index contributed by atoms with van der Waals surface area (Å²) in [5.41, 5.74) is 1.44. The highest BCUT2D eigenvalue weighted by atomic mass is 15.4. The van der Waals surface area contributed by atoms with Crippen LogP contribution in [0.2, 0.25) is 0 Å². The zero-order valence-electron chi connectivity index (χ0n) is 14.4. The Labute approximate surface area is 136 Å². The molecule has 0 saturated carbocycles. The monoisotopic (exact) mass is 300 g/mol. The molecule has 1 aliphatic rings. The fraction of sp³-hybridized carbons (Fsp3) is 0.600. The normalized spacial score (nSPS) is 17.5. The van der Waals surface area contributed by atoms with Gasteiger partial charge in [0, 0.05) is 31.9 Å². The molecule has 0 radical (unpaired) electrons. The number of unbranched alkanes of at least 4 members (excludes halogenated alkanes) is 4. The fourth-order valence-electron chi connectivity index (χ4n) is 3.22. The second-order valence-electron chi connectivity index (χ2n) is 6.36. The Morgan fingerprint density at radius 2 is 1.45 bits per heavy atom. The molecule has 0 amide bonds. The molecule has 122 valence electrons. The second kappa shape index (κ2) is 9.55. The van der Waals surface area contributed by atoms with E-state index in [1.165, 1.54) is 50.6 Å². The minimum Gasteiger partial charge on any atom is -0.356 e. The van der Waals surface area contributed by atoms with Crippen LogP contribution in [-0.4, -0.2) is 29.1 Å². The Morgan fingerprint density at radius 1 is 0.773 bits per heavy atom. The van der Waals surface area contributed by atoms with E-state index in [1.807, 2.05) is 0 Å². The Kier molecular flexibility index (Phi) is 7.35. The van der Waals surface area contributed by atoms with E-state index in [0.717, 1.165) is 13.0 Å². The molecule has 2 rings (SSSR count). The van der Waals surface area contributed by atoms with Crippen molar-refractivity contribution in [3.63, 3.8) is 0 Å². The molecule has 1 heterocycles. The number of benzene rings is 1. The van der Waals surface area contributed by atoms with Crippen LogP contribution in [0.1, 0.15) is 57.9 Å². The maximum atomic E-state index is 2.55. The summed E-state index contributed by atoms with van der Waals surface area (Å²) in [7, 11) is 0. The fourth-order valence-corrected chi connectivity index (χ4v) is 3.22. The van der Waals surface area contributed by atoms with Gasteiger partial charge < -0.3 is 9.80 Å². The summed E-state index contributed by atoms with van der Waals surface area (Å²) in [5, 5.41) is 0. The molecular formula is C20H32N2. The number of rotatable bonds is 10. The van der Waals surface area contributed by atoms with Crippen molar-refractivity contribution < 1.29 is 0 Å². The first kappa shape index (κ1) is 16.9. The van der Waals surface area contributed by atoms with Crippen LogP contribution >= 0.6 is 0 Å². The molecule has 0 bridgehead atoms. The highest BCUT2D eigenvalue weighted by Gasteiger charge is 2.25. The van der Waals surface area contributed by atoms with Gasteiger partial charge in [-0.3, -0.25) is 0 Å². The molecule has 0 aliphatic carbocycles. The van der Waals surface area contributed by atoms with Crippen LogP contribution in [0.4, 0.5) is 0 Å². The van der Waals surface area contributed by atoms with Crippen molar-refractivity contribution in [1.29, 1.82) is 0 Å². The molecule has 2 heteroatoms. The highest BCUT2D eigenvalue weighted by Crippen LogP contribution is 2.21. The molecule has 0 N–H and O–H groups in total. The maximum absolute atomic E-state index is 2.55. The van der Waals surface area contributed by atoms with Gasteiger partial charge in [0.05, 0.1) is 0 Å². The van der Waals surface area contributed by atoms with Crippen LogP contribution in [0, 0.1) is 0 Å². The van der Waals surface area contributed by atoms with Gasteiger partial charge in [-0.15, -0.1) is 0 Å². The van der Waals surface area contributed by atoms with E-state index in [0.29, 0.717) is 6.17 Å². The molecule has 1 atom stereocenters. The Morgan fingerprint density at radius 3 is 2.14 bits per heavy atom. The lowest BCUT2D eigenvalue weighted by molar-refractivity contribution is 0.150. The van der Waals surface area contributed by atoms with Crippen LogP contribution < -0.4 is 0 Å². The van der Waals surface area contributed by atoms with E-state index in [4.69, 9.17) is 0 Å². The van der Waals surface area contributed by atoms with E-state index < -0.39 is 0 Å². The van der Waals surface area contributed by atoms with E-state index in [1.54, 1.807) is 0 Å². The molecule has 1 aromatic carbocycles. The average molecular weight is 300 g/mol. The van der Waals surface area contributed by atoms with Gasteiger partial charge >= 0.3 is 0 Å². The van der Waals surface area contributed by atoms with Crippen molar-refractivity contribution >= 4 is 0 Å². The van der Waals surface area contributed by atoms with E-state index >= 15 is 0 Å². The van der Waals surface area contributed by atoms with Crippen LogP contribution in [0.25, 0.3) is 0 Å². The van der Waals surface area contributed by atoms with Gasteiger partial charge in [-0.2, -0.15) is 0 Å². The SMILES string of the molecule is CCCCCCCN1C=CN(CCC)C1Cc1ccccc1. The predicted molar refractivity (Wildman–Crippen MR) is 95.5 cm³/mol. The second-order valence-corrected chi connectivity index (χ2v) is 6.36. The lowest BCUT2D eigenvalue weighted by Gasteiger charge is -2.33. The van der Waals surface area contributed by atoms with Crippen LogP contribution in [0.5, 0.6) is 0 Å². The van der Waals surface area contributed by atoms with Crippen molar-refractivity contribution in [2.75, 3.05) is 13.1 Å². The molecular weight excluding hydrogens is 268 g/mol. The van der Waals surface area contributed by atoms with Crippen molar-refractivity contribution in [1.82, 2.24) is 9.80 Å². The minimum atomic E-state index is 0.508. The van der Waals surface area contributed by atoms with Gasteiger partial charge in [-0.25, -0.2) is 0 Å². The third kappa shape index (κ3) is 5.08. The molecule has 1 unspecified atom stereocenters. The minimum absolute atomic E-state index is 0.508. The average Bonchev–Trinajstić information content (AvgIpc) is 2.91. The lowest BCUT2D eigenvalue weighted by atomic mass is 10.1. The molecule has 0 fully saturated rings. The van der Waals surface area contributed by atoms with Crippen LogP contribution in [-0.2, 0) is 6.42 Å². The standard InChI is InChI=1S/C20H32N2/c1-3-5-6-7-11-15-22-17-16-21(14-4-2)20(22)18-19-12-9-8-10-13-19/h8-10,12-13,16-17,20H,3-7,11,14-15,18H2,1-2H3. The van der Waals surface area contributed by atoms with Crippen molar-refractivity contribution in [2.24, 2.45) is 0 Å². The molecule has 0 spiro atoms. The zero-order valence-corrected chi connectivity index (χ0v) is 14.4. The van der Waals surface area contributed by atoms with Gasteiger partial charge in [0.25, 0.3) is 0 Å². The smallest absolute Gasteiger partial charge is 0.105 e. The summed E-state index contributed by atoms with van der Waals surface area (Å²) in [6.07, 6.45) is 14.2. The molecule has 2 nitrogen and oxygen atoms in total. The quantitative estimate of drug-likeness (QED) is 0.559. The van der Waals surface area contributed by atoms with Gasteiger partial charge in [-0.1, -0.05) is 69.9 Å². The van der Waals surface area contributed by atoms with Gasteiger partial charge in [0.2, 0.25) is 0 Å². The molecule has 1 aromatic rings. The number of hydrogen-bond donors (Lipinski definition) is 0. The van der Waals surface area contributed by atoms with E-state index in [2.05, 4.69) is 66.4 Å². The van der Waals surface area contributed by atoms with Crippen molar-refractivity contribution in [2.45, 2.75) is 65.0 Å². The Bertz CT molecular complexity index is 427. The third-order valence-electron chi connectivity index (χ3n) is 4.48. The first-order chi connectivity index (χ1) is 10.8. The summed E-state index contributed by atoms with van der Waals surface area (Å²) >= 11 is 0. The number of nitrogens with zero attached hydrogens (tertiary/aromatic N) is 2. The summed E-state index contributed by atoms with van der Waals surface area (Å²) in [6.45, 7) is 6.89. The summed E-state index contributed by atoms with van der Waals surface area (Å²) in [6, 6.07) is 10.9. The summed E-state index contributed by atoms with van der Waals surface area (Å²) in [5.74, 6) is 0. The predicted octanol–water partition coefficient (Wildman–Crippen LogP) is 5.02. The van der Waals surface area contributed by atoms with Crippen molar-refractivity contribution in [3.05, 3.63) is 48.3 Å². The summed E-state index contributed by atoms with van der Waals surface area (Å²) in [4.78, 5) is 5.06. The maximum Gasteiger partial charge on any atom is 0.105 e. The van der Waals surface area contributed by atoms with Crippen LogP contribution in [0.3, 0.4) is 0 Å². The van der Waals surface area contributed by atoms with Crippen LogP contribution in [0.15, 0.2) is 42.7 Å². The lowest BCUT2D eigenvalue weighted by Crippen LogP contribution is -2.41. The number of hydrogen-bond acceptors (Lipinski definition) is 2. The zero-order chi connectivity index (χ0) is 15.6. The van der Waals surface area contributed by atoms with E-state index in [-0.39, 0.29) is 0 Å². The van der Waals surface area contributed by atoms with Gasteiger partial charge in [-0.05, 0) is 18.4 Å². The van der Waals surface area contributed by atoms with Gasteiger partial charge in [0.15, 0.2) is 0 Å². The molecule has 0 aromatic heterocycles. The topological polar surface area (TPSA) is 6.48 Å². The Balaban J connectivity index is 1.88. The van der Waals surface area contributed by atoms with Gasteiger partial charge in [0.1, 0.15) is 6.17 Å². The first-order valence-electron chi connectivity index (χ1n) is 9.09. The largest absolute Gasteiger partial charge is 0.356 e. The molecule has 1 aliphatic heterocycles. The molecule has 0 saturated heterocycles. The first-order valence-corrected chi connectivity index (χ1v) is 9.09. The van der Waals surface area contributed by atoms with Crippen molar-refractivity contribution in [3.8, 4) is 0 Å². The highest BCUT2D eigenvalue weighted by molar-refractivity contribution is 5.17. The Hall–Kier alpha value is -1.44. The third-order valence-corrected chi connectivity index (χ3v) is 4.48. The van der Waals surface area contributed by atoms with E-state index in [9.17, 15) is 0 Å². The summed E-state index contributed by atoms with van der Waals surface area (Å²) < 4.78 is 0.